The van der Waals surface area contributed by atoms with Crippen LogP contribution in [0.3, 0.4) is 0 Å². The molecule has 2 heterocycles. The molecule has 0 radical (unpaired) electrons. The molecule has 1 saturated heterocycles. The van der Waals surface area contributed by atoms with Crippen molar-refractivity contribution in [1.29, 1.82) is 0 Å². The monoisotopic (exact) mass is 632 g/mol. The predicted octanol–water partition coefficient (Wildman–Crippen LogP) is 5.52. The summed E-state index contributed by atoms with van der Waals surface area (Å²) in [6, 6.07) is 12.4. The van der Waals surface area contributed by atoms with Gasteiger partial charge in [0.1, 0.15) is 12.3 Å². The minimum absolute atomic E-state index is 0.114. The summed E-state index contributed by atoms with van der Waals surface area (Å²) in [5, 5.41) is 7.42. The summed E-state index contributed by atoms with van der Waals surface area (Å²) in [4.78, 5) is 2.64. The number of nitrogens with one attached hydrogen (secondary N) is 2. The summed E-state index contributed by atoms with van der Waals surface area (Å²) in [7, 11) is -3.42. The van der Waals surface area contributed by atoms with Crippen molar-refractivity contribution in [2.24, 2.45) is 0 Å². The van der Waals surface area contributed by atoms with Crippen LogP contribution >= 0.6 is 0 Å². The highest BCUT2D eigenvalue weighted by Crippen LogP contribution is 2.33. The summed E-state index contributed by atoms with van der Waals surface area (Å²) in [6.07, 6.45) is 0.844. The van der Waals surface area contributed by atoms with E-state index in [2.05, 4.69) is 27.4 Å². The van der Waals surface area contributed by atoms with Gasteiger partial charge in [0.25, 0.3) is 0 Å². The number of hydrogen-bond donors (Lipinski definition) is 2. The number of fused-ring (bicyclic) bond motifs is 1. The Labute approximate surface area is 256 Å². The summed E-state index contributed by atoms with van der Waals surface area (Å²) in [5.74, 6) is 6.22. The third-order valence-corrected chi connectivity index (χ3v) is 9.28. The Balaban J connectivity index is 1.33. The van der Waals surface area contributed by atoms with Gasteiger partial charge in [-0.05, 0) is 68.9 Å². The van der Waals surface area contributed by atoms with Crippen LogP contribution in [0.25, 0.3) is 10.9 Å². The lowest BCUT2D eigenvalue weighted by atomic mass is 9.89. The number of rotatable bonds is 9. The Morgan fingerprint density at radius 1 is 1.05 bits per heavy atom. The molecule has 12 heteroatoms. The number of nitrogens with zero attached hydrogens (tertiary/aromatic N) is 2. The molecule has 238 valence electrons. The van der Waals surface area contributed by atoms with Crippen molar-refractivity contribution in [1.82, 2.24) is 9.47 Å². The smallest absolute Gasteiger partial charge is 0.406 e. The number of aromatic nitrogens is 1. The van der Waals surface area contributed by atoms with Gasteiger partial charge in [0.2, 0.25) is 0 Å². The van der Waals surface area contributed by atoms with Gasteiger partial charge in [0, 0.05) is 48.6 Å². The first-order chi connectivity index (χ1) is 21.0. The molecule has 1 aliphatic carbocycles. The molecule has 8 nitrogen and oxygen atoms in total. The third kappa shape index (κ3) is 8.00. The minimum Gasteiger partial charge on any atom is -0.492 e. The van der Waals surface area contributed by atoms with E-state index in [0.29, 0.717) is 35.0 Å². The highest BCUT2D eigenvalue weighted by molar-refractivity contribution is 7.90. The Morgan fingerprint density at radius 2 is 1.80 bits per heavy atom. The predicted molar refractivity (Wildman–Crippen MR) is 166 cm³/mol. The fourth-order valence-corrected chi connectivity index (χ4v) is 6.68. The molecule has 2 N–H and O–H groups in total. The highest BCUT2D eigenvalue weighted by atomic mass is 32.2. The SMILES string of the molecule is CCOc1cc(S(C)(=O)=O)ccc1NCC#Cc1cc2c(NC3CCC(N4CCOCC4)CC3)cccc2n1CC(F)(F)F. The van der Waals surface area contributed by atoms with E-state index >= 15 is 0 Å². The maximum absolute atomic E-state index is 13.7. The van der Waals surface area contributed by atoms with E-state index in [-0.39, 0.29) is 23.2 Å². The van der Waals surface area contributed by atoms with E-state index in [0.717, 1.165) is 63.9 Å². The van der Waals surface area contributed by atoms with Crippen LogP contribution < -0.4 is 15.4 Å². The number of alkyl halides is 3. The molecule has 2 aromatic carbocycles. The summed E-state index contributed by atoms with van der Waals surface area (Å²) in [5.41, 5.74) is 2.09. The molecule has 5 rings (SSSR count). The Morgan fingerprint density at radius 3 is 2.48 bits per heavy atom. The van der Waals surface area contributed by atoms with Gasteiger partial charge in [-0.2, -0.15) is 13.2 Å². The molecule has 1 aliphatic heterocycles. The number of anilines is 2. The quantitative estimate of drug-likeness (QED) is 0.301. The van der Waals surface area contributed by atoms with Crippen molar-refractivity contribution in [2.45, 2.75) is 62.3 Å². The molecule has 44 heavy (non-hydrogen) atoms. The zero-order chi connectivity index (χ0) is 31.3. The van der Waals surface area contributed by atoms with Crippen LogP contribution in [-0.2, 0) is 21.1 Å². The van der Waals surface area contributed by atoms with Crippen molar-refractivity contribution in [3.63, 3.8) is 0 Å². The number of sulfone groups is 1. The number of ether oxygens (including phenoxy) is 2. The number of morpholine rings is 1. The van der Waals surface area contributed by atoms with E-state index in [1.165, 1.54) is 16.7 Å². The van der Waals surface area contributed by atoms with Crippen molar-refractivity contribution in [2.75, 3.05) is 56.3 Å². The Kier molecular flexibility index (Phi) is 9.97. The average Bonchev–Trinajstić information content (AvgIpc) is 3.33. The Hall–Kier alpha value is -3.40. The second-order valence-corrected chi connectivity index (χ2v) is 13.3. The molecule has 3 aromatic rings. The van der Waals surface area contributed by atoms with Gasteiger partial charge >= 0.3 is 6.18 Å². The van der Waals surface area contributed by atoms with Crippen LogP contribution in [0, 0.1) is 11.8 Å². The normalized spacial score (nSPS) is 19.8. The maximum Gasteiger partial charge on any atom is 0.406 e. The summed E-state index contributed by atoms with van der Waals surface area (Å²) < 4.78 is 77.2. The van der Waals surface area contributed by atoms with Crippen molar-refractivity contribution >= 4 is 32.1 Å². The van der Waals surface area contributed by atoms with E-state index < -0.39 is 22.6 Å². The van der Waals surface area contributed by atoms with Crippen LogP contribution in [0.4, 0.5) is 24.5 Å². The van der Waals surface area contributed by atoms with Crippen LogP contribution in [0.2, 0.25) is 0 Å². The minimum atomic E-state index is -4.42. The molecule has 2 aliphatic rings. The maximum atomic E-state index is 13.7. The van der Waals surface area contributed by atoms with Gasteiger partial charge in [0.15, 0.2) is 9.84 Å². The van der Waals surface area contributed by atoms with Gasteiger partial charge in [-0.25, -0.2) is 8.42 Å². The van der Waals surface area contributed by atoms with Crippen LogP contribution in [0.5, 0.6) is 5.75 Å². The second kappa shape index (κ2) is 13.7. The lowest BCUT2D eigenvalue weighted by molar-refractivity contribution is -0.140. The van der Waals surface area contributed by atoms with Crippen molar-refractivity contribution < 1.29 is 31.1 Å². The molecule has 0 spiro atoms. The topological polar surface area (TPSA) is 84.8 Å². The average molecular weight is 633 g/mol. The zero-order valence-corrected chi connectivity index (χ0v) is 25.9. The second-order valence-electron chi connectivity index (χ2n) is 11.3. The van der Waals surface area contributed by atoms with Gasteiger partial charge in [0.05, 0.1) is 48.2 Å². The molecule has 1 aromatic heterocycles. The number of benzene rings is 2. The van der Waals surface area contributed by atoms with Crippen molar-refractivity contribution in [3.8, 4) is 17.6 Å². The van der Waals surface area contributed by atoms with Crippen LogP contribution in [-0.4, -0.2) is 81.9 Å². The van der Waals surface area contributed by atoms with E-state index in [1.807, 2.05) is 6.07 Å². The lowest BCUT2D eigenvalue weighted by Crippen LogP contribution is -2.46. The highest BCUT2D eigenvalue weighted by Gasteiger charge is 2.31. The molecule has 0 bridgehead atoms. The van der Waals surface area contributed by atoms with Gasteiger partial charge in [-0.3, -0.25) is 4.90 Å². The largest absolute Gasteiger partial charge is 0.492 e. The fourth-order valence-electron chi connectivity index (χ4n) is 6.04. The van der Waals surface area contributed by atoms with E-state index in [9.17, 15) is 21.6 Å². The molecular weight excluding hydrogens is 593 g/mol. The summed E-state index contributed by atoms with van der Waals surface area (Å²) >= 11 is 0. The molecule has 1 saturated carbocycles. The van der Waals surface area contributed by atoms with E-state index in [4.69, 9.17) is 9.47 Å². The molecule has 2 fully saturated rings. The Bertz CT molecular complexity index is 1610. The van der Waals surface area contributed by atoms with Gasteiger partial charge in [-0.15, -0.1) is 0 Å². The standard InChI is InChI=1S/C32H39F3N4O4S/c1-3-43-31-21-26(44(2,40)41)13-14-29(31)36-15-5-6-25-20-27-28(7-4-8-30(27)39(25)22-32(33,34)35)37-23-9-11-24(12-10-23)38-16-18-42-19-17-38/h4,7-8,13-14,20-21,23-24,36-37H,3,9-12,15-19,22H2,1-2H3. The number of halogens is 3. The first-order valence-electron chi connectivity index (χ1n) is 15.0. The van der Waals surface area contributed by atoms with Crippen molar-refractivity contribution in [3.05, 3.63) is 48.2 Å². The first-order valence-corrected chi connectivity index (χ1v) is 16.9. The zero-order valence-electron chi connectivity index (χ0n) is 25.0. The third-order valence-electron chi connectivity index (χ3n) is 8.17. The van der Waals surface area contributed by atoms with Gasteiger partial charge in [-0.1, -0.05) is 12.0 Å². The molecule has 0 atom stereocenters. The summed E-state index contributed by atoms with van der Waals surface area (Å²) in [6.45, 7) is 4.58. The lowest BCUT2D eigenvalue weighted by Gasteiger charge is -2.39. The van der Waals surface area contributed by atoms with E-state index in [1.54, 1.807) is 31.2 Å². The molecule has 0 amide bonds. The van der Waals surface area contributed by atoms with Crippen LogP contribution in [0.15, 0.2) is 47.4 Å². The fraction of sp³-hybridized carbons (Fsp3) is 0.500. The molecule has 0 unspecified atom stereocenters. The van der Waals surface area contributed by atoms with Gasteiger partial charge < -0.3 is 24.7 Å². The molecular formula is C32H39F3N4O4S. The van der Waals surface area contributed by atoms with Crippen LogP contribution in [0.1, 0.15) is 38.3 Å². The first kappa shape index (κ1) is 32.0. The number of hydrogen-bond acceptors (Lipinski definition) is 7.